The van der Waals surface area contributed by atoms with Crippen LogP contribution in [0.3, 0.4) is 0 Å². The zero-order chi connectivity index (χ0) is 22.4. The first kappa shape index (κ1) is 24.9. The molecule has 0 amide bonds. The van der Waals surface area contributed by atoms with E-state index in [9.17, 15) is 0 Å². The number of rotatable bonds is 5. The minimum Gasteiger partial charge on any atom is -0.0988 e. The van der Waals surface area contributed by atoms with E-state index in [0.717, 1.165) is 12.0 Å². The lowest BCUT2D eigenvalue weighted by Crippen LogP contribution is -1.85. The smallest absolute Gasteiger partial charge is 0.00319 e. The second-order valence-electron chi connectivity index (χ2n) is 7.01. The molecule has 0 N–H and O–H groups in total. The maximum atomic E-state index is 3.87. The highest BCUT2D eigenvalue weighted by Gasteiger charge is 1.96. The molecule has 0 bridgehead atoms. The average molecular weight is 397 g/mol. The van der Waals surface area contributed by atoms with Crippen LogP contribution in [0.5, 0.6) is 0 Å². The van der Waals surface area contributed by atoms with E-state index >= 15 is 0 Å². The fourth-order valence-electron chi connectivity index (χ4n) is 2.77. The second-order valence-corrected chi connectivity index (χ2v) is 7.01. The van der Waals surface area contributed by atoms with Crippen molar-refractivity contribution in [2.45, 2.75) is 41.0 Å². The van der Waals surface area contributed by atoms with Crippen molar-refractivity contribution < 1.29 is 0 Å². The summed E-state index contributed by atoms with van der Waals surface area (Å²) in [7, 11) is 0. The molecule has 0 saturated carbocycles. The maximum absolute atomic E-state index is 3.87. The lowest BCUT2D eigenvalue weighted by Gasteiger charge is -2.02. The highest BCUT2D eigenvalue weighted by Crippen LogP contribution is 2.20. The number of hydrogen-bond donors (Lipinski definition) is 0. The molecule has 0 nitrogen and oxygen atoms in total. The van der Waals surface area contributed by atoms with Crippen LogP contribution in [0.2, 0.25) is 0 Å². The number of benzene rings is 3. The molecule has 3 aromatic rings. The quantitative estimate of drug-likeness (QED) is 0.377. The van der Waals surface area contributed by atoms with E-state index in [0.29, 0.717) is 0 Å². The molecule has 3 rings (SSSR count). The highest BCUT2D eigenvalue weighted by atomic mass is 14.0. The van der Waals surface area contributed by atoms with Gasteiger partial charge in [-0.3, -0.25) is 0 Å². The molecule has 0 fully saturated rings. The topological polar surface area (TPSA) is 0 Å². The van der Waals surface area contributed by atoms with Crippen LogP contribution in [-0.4, -0.2) is 0 Å². The second kappa shape index (κ2) is 14.0. The fourth-order valence-corrected chi connectivity index (χ4v) is 2.77. The number of aryl methyl sites for hydroxylation is 2. The summed E-state index contributed by atoms with van der Waals surface area (Å²) in [6.45, 7) is 17.8. The summed E-state index contributed by atoms with van der Waals surface area (Å²) in [6, 6.07) is 25.8. The van der Waals surface area contributed by atoms with Gasteiger partial charge in [0.25, 0.3) is 0 Å². The Morgan fingerprint density at radius 2 is 1.17 bits per heavy atom. The van der Waals surface area contributed by atoms with Crippen LogP contribution >= 0.6 is 0 Å². The van der Waals surface area contributed by atoms with E-state index in [2.05, 4.69) is 112 Å². The van der Waals surface area contributed by atoms with Crippen LogP contribution in [0.15, 0.2) is 104 Å². The Balaban J connectivity index is 0.000000287. The Kier molecular flexibility index (Phi) is 11.6. The Bertz CT molecular complexity index is 905. The third kappa shape index (κ3) is 8.92. The minimum atomic E-state index is 0.907. The monoisotopic (exact) mass is 396 g/mol. The fraction of sp³-hybridized carbons (Fsp3) is 0.200. The molecule has 0 aromatic heterocycles. The standard InChI is InChI=1S/C16H16.C12H14.C2H6/c1-3-4-14-7-11-16(12-8-14)15-9-5-13(2)6-10-15;1-4-10(2)9-12-7-5-11(3)6-8-12;1-2/h3-12H,1-2H3;4-8H,1-2,9H2,3H3;1-2H3/b4-3+;;. The molecule has 0 aliphatic carbocycles. The summed E-state index contributed by atoms with van der Waals surface area (Å²) < 4.78 is 0. The molecule has 3 aromatic carbocycles. The summed E-state index contributed by atoms with van der Waals surface area (Å²) in [5.41, 5.74) is 8.76. The molecule has 0 aliphatic heterocycles. The van der Waals surface area contributed by atoms with Crippen molar-refractivity contribution in [3.63, 3.8) is 0 Å². The van der Waals surface area contributed by atoms with Crippen molar-refractivity contribution in [1.29, 1.82) is 0 Å². The van der Waals surface area contributed by atoms with Gasteiger partial charge in [0.1, 0.15) is 0 Å². The van der Waals surface area contributed by atoms with Crippen molar-refractivity contribution in [3.05, 3.63) is 126 Å². The highest BCUT2D eigenvalue weighted by molar-refractivity contribution is 5.65. The van der Waals surface area contributed by atoms with Gasteiger partial charge >= 0.3 is 0 Å². The molecule has 0 saturated heterocycles. The SMILES string of the molecule is C/C=C/c1ccc(-c2ccc(C)cc2)cc1.C=CC(=C)Cc1ccc(C)cc1.CC. The van der Waals surface area contributed by atoms with Gasteiger partial charge in [0, 0.05) is 0 Å². The van der Waals surface area contributed by atoms with E-state index in [1.165, 1.54) is 33.4 Å². The van der Waals surface area contributed by atoms with E-state index in [4.69, 9.17) is 0 Å². The maximum Gasteiger partial charge on any atom is -0.00319 e. The van der Waals surface area contributed by atoms with Crippen molar-refractivity contribution >= 4 is 6.08 Å². The Morgan fingerprint density at radius 1 is 0.733 bits per heavy atom. The zero-order valence-electron chi connectivity index (χ0n) is 19.3. The van der Waals surface area contributed by atoms with Crippen LogP contribution in [0, 0.1) is 13.8 Å². The van der Waals surface area contributed by atoms with Crippen molar-refractivity contribution in [2.24, 2.45) is 0 Å². The van der Waals surface area contributed by atoms with Crippen LogP contribution in [0.4, 0.5) is 0 Å². The van der Waals surface area contributed by atoms with Gasteiger partial charge in [0.15, 0.2) is 0 Å². The van der Waals surface area contributed by atoms with Crippen LogP contribution in [0.1, 0.15) is 43.0 Å². The predicted octanol–water partition coefficient (Wildman–Crippen LogP) is 9.00. The molecule has 0 radical (unpaired) electrons. The normalized spacial score (nSPS) is 9.77. The summed E-state index contributed by atoms with van der Waals surface area (Å²) in [6.07, 6.45) is 6.88. The molecule has 156 valence electrons. The van der Waals surface area contributed by atoms with Crippen LogP contribution in [-0.2, 0) is 6.42 Å². The Hall–Kier alpha value is -3.12. The number of hydrogen-bond acceptors (Lipinski definition) is 0. The molecular formula is C30H36. The molecule has 0 unspecified atom stereocenters. The first-order valence-corrected chi connectivity index (χ1v) is 10.7. The molecule has 0 aliphatic rings. The largest absolute Gasteiger partial charge is 0.0988 e. The minimum absolute atomic E-state index is 0.907. The van der Waals surface area contributed by atoms with E-state index in [1.807, 2.05) is 20.8 Å². The molecule has 30 heavy (non-hydrogen) atoms. The predicted molar refractivity (Wildman–Crippen MR) is 137 cm³/mol. The van der Waals surface area contributed by atoms with Gasteiger partial charge in [-0.1, -0.05) is 135 Å². The van der Waals surface area contributed by atoms with E-state index in [-0.39, 0.29) is 0 Å². The summed E-state index contributed by atoms with van der Waals surface area (Å²) in [4.78, 5) is 0. The van der Waals surface area contributed by atoms with Gasteiger partial charge in [-0.2, -0.15) is 0 Å². The van der Waals surface area contributed by atoms with Gasteiger partial charge in [0.2, 0.25) is 0 Å². The Morgan fingerprint density at radius 3 is 1.60 bits per heavy atom. The number of allylic oxidation sites excluding steroid dienone is 3. The van der Waals surface area contributed by atoms with Gasteiger partial charge in [0.05, 0.1) is 0 Å². The van der Waals surface area contributed by atoms with Crippen molar-refractivity contribution in [2.75, 3.05) is 0 Å². The summed E-state index contributed by atoms with van der Waals surface area (Å²) in [5.74, 6) is 0. The summed E-state index contributed by atoms with van der Waals surface area (Å²) >= 11 is 0. The van der Waals surface area contributed by atoms with Crippen molar-refractivity contribution in [1.82, 2.24) is 0 Å². The molecule has 0 atom stereocenters. The van der Waals surface area contributed by atoms with Gasteiger partial charge in [-0.15, -0.1) is 0 Å². The first-order chi connectivity index (χ1) is 14.5. The van der Waals surface area contributed by atoms with E-state index in [1.54, 1.807) is 6.08 Å². The van der Waals surface area contributed by atoms with Gasteiger partial charge < -0.3 is 0 Å². The third-order valence-corrected chi connectivity index (χ3v) is 4.50. The molecular weight excluding hydrogens is 360 g/mol. The van der Waals surface area contributed by atoms with Crippen LogP contribution in [0.25, 0.3) is 17.2 Å². The Labute approximate surface area is 184 Å². The zero-order valence-corrected chi connectivity index (χ0v) is 19.3. The summed E-state index contributed by atoms with van der Waals surface area (Å²) in [5, 5.41) is 0. The first-order valence-electron chi connectivity index (χ1n) is 10.7. The third-order valence-electron chi connectivity index (χ3n) is 4.50. The molecule has 0 heterocycles. The molecule has 0 heteroatoms. The molecule has 0 spiro atoms. The lowest BCUT2D eigenvalue weighted by molar-refractivity contribution is 1.20. The van der Waals surface area contributed by atoms with E-state index < -0.39 is 0 Å². The van der Waals surface area contributed by atoms with Gasteiger partial charge in [-0.05, 0) is 49.4 Å². The lowest BCUT2D eigenvalue weighted by atomic mass is 10.0. The van der Waals surface area contributed by atoms with Crippen molar-refractivity contribution in [3.8, 4) is 11.1 Å². The van der Waals surface area contributed by atoms with Gasteiger partial charge in [-0.25, -0.2) is 0 Å². The van der Waals surface area contributed by atoms with Crippen LogP contribution < -0.4 is 0 Å². The average Bonchev–Trinajstić information content (AvgIpc) is 2.78.